The molecule has 0 amide bonds. The zero-order valence-corrected chi connectivity index (χ0v) is 22.0. The maximum atomic E-state index is 12.7. The summed E-state index contributed by atoms with van der Waals surface area (Å²) in [4.78, 5) is 0. The van der Waals surface area contributed by atoms with Crippen LogP contribution in [0.2, 0.25) is 0 Å². The van der Waals surface area contributed by atoms with Crippen LogP contribution in [0.25, 0.3) is 0 Å². The van der Waals surface area contributed by atoms with Crippen LogP contribution in [0, 0.1) is 0 Å². The summed E-state index contributed by atoms with van der Waals surface area (Å²) in [7, 11) is -7.00. The summed E-state index contributed by atoms with van der Waals surface area (Å²) < 4.78 is 54.4. The van der Waals surface area contributed by atoms with Crippen LogP contribution in [0.3, 0.4) is 0 Å². The number of nitrogens with one attached hydrogen (secondary N) is 2. The van der Waals surface area contributed by atoms with Crippen molar-refractivity contribution in [3.8, 4) is 0 Å². The molecule has 0 saturated carbocycles. The molecule has 0 radical (unpaired) electrons. The molecule has 0 bridgehead atoms. The Bertz CT molecular complexity index is 653. The normalized spacial score (nSPS) is 16.1. The number of unbranched alkanes of at least 4 members (excludes halogenated alkanes) is 4. The van der Waals surface area contributed by atoms with Crippen molar-refractivity contribution in [2.75, 3.05) is 0 Å². The molecule has 2 atom stereocenters. The van der Waals surface area contributed by atoms with Gasteiger partial charge < -0.3 is 0 Å². The van der Waals surface area contributed by atoms with Crippen LogP contribution >= 0.6 is 0 Å². The predicted octanol–water partition coefficient (Wildman–Crippen LogP) is 4.88. The summed E-state index contributed by atoms with van der Waals surface area (Å²) >= 11 is 0. The van der Waals surface area contributed by atoms with Crippen LogP contribution in [0.5, 0.6) is 0 Å². The fourth-order valence-corrected chi connectivity index (χ4v) is 4.53. The lowest BCUT2D eigenvalue weighted by molar-refractivity contribution is 0.512. The molecule has 0 saturated heterocycles. The molecule has 0 spiro atoms. The minimum absolute atomic E-state index is 0.353. The van der Waals surface area contributed by atoms with Gasteiger partial charge in [0.2, 0.25) is 20.0 Å². The Labute approximate surface area is 186 Å². The number of rotatable bonds is 14. The van der Waals surface area contributed by atoms with Gasteiger partial charge in [0.25, 0.3) is 0 Å². The lowest BCUT2D eigenvalue weighted by Crippen LogP contribution is -2.45. The molecule has 0 aromatic rings. The summed E-state index contributed by atoms with van der Waals surface area (Å²) in [6.07, 6.45) is 11.0. The highest BCUT2D eigenvalue weighted by molar-refractivity contribution is 7.91. The monoisotopic (exact) mass is 466 g/mol. The van der Waals surface area contributed by atoms with E-state index in [1.807, 2.05) is 12.2 Å². The minimum atomic E-state index is -3.50. The molecule has 8 heteroatoms. The smallest absolute Gasteiger partial charge is 0.212 e. The summed E-state index contributed by atoms with van der Waals surface area (Å²) in [5, 5.41) is 0. The van der Waals surface area contributed by atoms with Gasteiger partial charge in [-0.1, -0.05) is 64.5 Å². The molecular weight excluding hydrogens is 420 g/mol. The van der Waals surface area contributed by atoms with Crippen molar-refractivity contribution in [3.63, 3.8) is 0 Å². The van der Waals surface area contributed by atoms with Crippen LogP contribution < -0.4 is 9.44 Å². The largest absolute Gasteiger partial charge is 0.217 e. The molecule has 2 N–H and O–H groups in total. The quantitative estimate of drug-likeness (QED) is 0.282. The molecule has 0 aliphatic heterocycles. The number of hydrogen-bond acceptors (Lipinski definition) is 4. The molecule has 180 valence electrons. The molecule has 6 nitrogen and oxygen atoms in total. The highest BCUT2D eigenvalue weighted by atomic mass is 32.2. The topological polar surface area (TPSA) is 92.3 Å². The van der Waals surface area contributed by atoms with Crippen molar-refractivity contribution in [2.45, 2.75) is 128 Å². The Morgan fingerprint density at radius 2 is 0.933 bits per heavy atom. The summed E-state index contributed by atoms with van der Waals surface area (Å²) in [6, 6.07) is -0.706. The highest BCUT2D eigenvalue weighted by Crippen LogP contribution is 2.18. The lowest BCUT2D eigenvalue weighted by Gasteiger charge is -2.25. The van der Waals surface area contributed by atoms with Crippen molar-refractivity contribution in [3.05, 3.63) is 12.2 Å². The third-order valence-electron chi connectivity index (χ3n) is 5.04. The Hall–Kier alpha value is -0.440. The zero-order valence-electron chi connectivity index (χ0n) is 20.4. The average Bonchev–Trinajstić information content (AvgIpc) is 2.57. The van der Waals surface area contributed by atoms with E-state index in [2.05, 4.69) is 23.3 Å². The average molecular weight is 467 g/mol. The summed E-state index contributed by atoms with van der Waals surface area (Å²) in [5.41, 5.74) is 0. The second kappa shape index (κ2) is 12.6. The molecule has 2 unspecified atom stereocenters. The van der Waals surface area contributed by atoms with Gasteiger partial charge in [-0.2, -0.15) is 0 Å². The zero-order chi connectivity index (χ0) is 23.6. The van der Waals surface area contributed by atoms with Crippen molar-refractivity contribution in [1.29, 1.82) is 0 Å². The van der Waals surface area contributed by atoms with E-state index in [1.165, 1.54) is 0 Å². The molecule has 30 heavy (non-hydrogen) atoms. The highest BCUT2D eigenvalue weighted by Gasteiger charge is 2.32. The SMILES string of the molecule is CCCCCC(/C=C/C(CCCCC)NS(=O)(=O)C(C)(C)C)NS(=O)(=O)C(C)(C)C. The minimum Gasteiger partial charge on any atom is -0.212 e. The van der Waals surface area contributed by atoms with E-state index in [4.69, 9.17) is 0 Å². The molecule has 0 aliphatic carbocycles. The third kappa shape index (κ3) is 10.7. The van der Waals surface area contributed by atoms with Gasteiger partial charge in [0, 0.05) is 12.1 Å². The van der Waals surface area contributed by atoms with E-state index >= 15 is 0 Å². The third-order valence-corrected chi connectivity index (χ3v) is 9.49. The molecule has 0 aromatic heterocycles. The van der Waals surface area contributed by atoms with E-state index in [0.717, 1.165) is 38.5 Å². The lowest BCUT2D eigenvalue weighted by atomic mass is 10.1. The maximum Gasteiger partial charge on any atom is 0.217 e. The second-order valence-corrected chi connectivity index (χ2v) is 15.0. The van der Waals surface area contributed by atoms with Crippen molar-refractivity contribution >= 4 is 20.0 Å². The van der Waals surface area contributed by atoms with E-state index in [-0.39, 0.29) is 12.1 Å². The van der Waals surface area contributed by atoms with Gasteiger partial charge in [-0.3, -0.25) is 0 Å². The summed E-state index contributed by atoms with van der Waals surface area (Å²) in [5.74, 6) is 0. The van der Waals surface area contributed by atoms with Crippen LogP contribution in [0.1, 0.15) is 107 Å². The fraction of sp³-hybridized carbons (Fsp3) is 0.909. The van der Waals surface area contributed by atoms with Gasteiger partial charge in [0.15, 0.2) is 0 Å². The standard InChI is InChI=1S/C22H46N2O4S2/c1-9-11-13-15-19(23-29(25,26)21(3,4)5)17-18-20(16-14-12-10-2)24-30(27,28)22(6,7)8/h17-20,23-24H,9-16H2,1-8H3/b18-17+. The van der Waals surface area contributed by atoms with E-state index in [9.17, 15) is 16.8 Å². The number of sulfonamides is 2. The van der Waals surface area contributed by atoms with Crippen molar-refractivity contribution < 1.29 is 16.8 Å². The molecule has 0 heterocycles. The van der Waals surface area contributed by atoms with Crippen molar-refractivity contribution in [2.24, 2.45) is 0 Å². The first-order valence-corrected chi connectivity index (χ1v) is 14.3. The van der Waals surface area contributed by atoms with Gasteiger partial charge >= 0.3 is 0 Å². The van der Waals surface area contributed by atoms with E-state index < -0.39 is 29.5 Å². The van der Waals surface area contributed by atoms with Gasteiger partial charge in [-0.15, -0.1) is 0 Å². The summed E-state index contributed by atoms with van der Waals surface area (Å²) in [6.45, 7) is 14.3. The van der Waals surface area contributed by atoms with E-state index in [1.54, 1.807) is 41.5 Å². The van der Waals surface area contributed by atoms with Crippen molar-refractivity contribution in [1.82, 2.24) is 9.44 Å². The van der Waals surface area contributed by atoms with Crippen LogP contribution in [0.4, 0.5) is 0 Å². The molecule has 0 aliphatic rings. The Balaban J connectivity index is 5.59. The van der Waals surface area contributed by atoms with Crippen LogP contribution in [-0.2, 0) is 20.0 Å². The van der Waals surface area contributed by atoms with Gasteiger partial charge in [0.05, 0.1) is 9.49 Å². The fourth-order valence-electron chi connectivity index (χ4n) is 2.64. The molecule has 0 aromatic carbocycles. The Morgan fingerprint density at radius 1 is 0.633 bits per heavy atom. The Morgan fingerprint density at radius 3 is 1.17 bits per heavy atom. The first kappa shape index (κ1) is 29.6. The molecule has 0 rings (SSSR count). The van der Waals surface area contributed by atoms with E-state index in [0.29, 0.717) is 12.8 Å². The van der Waals surface area contributed by atoms with Crippen LogP contribution in [0.15, 0.2) is 12.2 Å². The first-order chi connectivity index (χ1) is 13.6. The van der Waals surface area contributed by atoms with Gasteiger partial charge in [-0.05, 0) is 54.4 Å². The van der Waals surface area contributed by atoms with Gasteiger partial charge in [-0.25, -0.2) is 26.3 Å². The first-order valence-electron chi connectivity index (χ1n) is 11.3. The maximum absolute atomic E-state index is 12.7. The Kier molecular flexibility index (Phi) is 12.4. The molecule has 0 fully saturated rings. The van der Waals surface area contributed by atoms with Crippen LogP contribution in [-0.4, -0.2) is 38.4 Å². The molecular formula is C22H46N2O4S2. The predicted molar refractivity (Wildman–Crippen MR) is 129 cm³/mol. The van der Waals surface area contributed by atoms with Gasteiger partial charge in [0.1, 0.15) is 0 Å². The number of hydrogen-bond donors (Lipinski definition) is 2. The second-order valence-electron chi connectivity index (χ2n) is 10.1.